The lowest BCUT2D eigenvalue weighted by molar-refractivity contribution is 0.309. The smallest absolute Gasteiger partial charge is 0.235 e. The number of unbranched alkanes of at least 4 members (excludes halogenated alkanes) is 1. The molecule has 0 aliphatic rings. The molecule has 4 rings (SSSR count). The zero-order valence-corrected chi connectivity index (χ0v) is 15.9. The lowest BCUT2D eigenvalue weighted by atomic mass is 10.1. The molecule has 6 nitrogen and oxygen atoms in total. The third kappa shape index (κ3) is 3.96. The first-order chi connectivity index (χ1) is 13.8. The number of hydrogen-bond donors (Lipinski definition) is 1. The van der Waals surface area contributed by atoms with Crippen molar-refractivity contribution in [2.24, 2.45) is 0 Å². The molecule has 0 fully saturated rings. The molecule has 3 aromatic heterocycles. The Morgan fingerprint density at radius 1 is 1.00 bits per heavy atom. The Labute approximate surface area is 164 Å². The molecule has 0 aliphatic carbocycles. The van der Waals surface area contributed by atoms with E-state index < -0.39 is 0 Å². The second-order valence-electron chi connectivity index (χ2n) is 6.50. The van der Waals surface area contributed by atoms with Crippen molar-refractivity contribution in [3.63, 3.8) is 0 Å². The number of pyridine rings is 1. The van der Waals surface area contributed by atoms with E-state index in [0.29, 0.717) is 12.3 Å². The predicted octanol–water partition coefficient (Wildman–Crippen LogP) is 4.58. The van der Waals surface area contributed by atoms with Gasteiger partial charge in [0.1, 0.15) is 17.3 Å². The summed E-state index contributed by atoms with van der Waals surface area (Å²) in [6, 6.07) is 15.8. The molecular formula is C22H23N5O. The fourth-order valence-corrected chi connectivity index (χ4v) is 2.98. The number of anilines is 1. The van der Waals surface area contributed by atoms with Gasteiger partial charge in [0.25, 0.3) is 0 Å². The van der Waals surface area contributed by atoms with Crippen LogP contribution in [0.2, 0.25) is 0 Å². The first-order valence-corrected chi connectivity index (χ1v) is 9.55. The van der Waals surface area contributed by atoms with E-state index in [0.717, 1.165) is 48.0 Å². The molecular weight excluding hydrogens is 350 g/mol. The van der Waals surface area contributed by atoms with Gasteiger partial charge < -0.3 is 10.1 Å². The first kappa shape index (κ1) is 18.0. The Bertz CT molecular complexity index is 1030. The van der Waals surface area contributed by atoms with Gasteiger partial charge in [0, 0.05) is 24.2 Å². The maximum Gasteiger partial charge on any atom is 0.235 e. The predicted molar refractivity (Wildman–Crippen MR) is 110 cm³/mol. The van der Waals surface area contributed by atoms with Crippen molar-refractivity contribution in [1.29, 1.82) is 0 Å². The number of aromatic nitrogens is 4. The number of nitrogens with one attached hydrogen (secondary N) is 1. The molecule has 6 heteroatoms. The molecule has 0 spiro atoms. The summed E-state index contributed by atoms with van der Waals surface area (Å²) in [5.41, 5.74) is 2.83. The van der Waals surface area contributed by atoms with Gasteiger partial charge in [-0.25, -0.2) is 9.97 Å². The van der Waals surface area contributed by atoms with Crippen molar-refractivity contribution < 1.29 is 4.74 Å². The number of hydrogen-bond acceptors (Lipinski definition) is 5. The van der Waals surface area contributed by atoms with Crippen LogP contribution in [0.3, 0.4) is 0 Å². The largest absolute Gasteiger partial charge is 0.494 e. The van der Waals surface area contributed by atoms with Crippen LogP contribution in [0.15, 0.2) is 67.1 Å². The van der Waals surface area contributed by atoms with Crippen molar-refractivity contribution >= 4 is 11.6 Å². The van der Waals surface area contributed by atoms with Gasteiger partial charge in [0.05, 0.1) is 18.8 Å². The van der Waals surface area contributed by atoms with Crippen molar-refractivity contribution in [3.8, 4) is 17.0 Å². The van der Waals surface area contributed by atoms with Crippen molar-refractivity contribution in [1.82, 2.24) is 19.4 Å². The molecule has 0 amide bonds. The standard InChI is InChI=1S/C22H23N5O/c1-2-3-15-28-19-10-8-17(9-11-19)20-21(25-16-18-7-4-5-12-23-18)27-14-6-13-24-22(27)26-20/h4-14,25H,2-3,15-16H2,1H3. The highest BCUT2D eigenvalue weighted by molar-refractivity contribution is 5.75. The van der Waals surface area contributed by atoms with Crippen LogP contribution in [-0.2, 0) is 6.54 Å². The molecule has 0 saturated carbocycles. The highest BCUT2D eigenvalue weighted by Gasteiger charge is 2.15. The van der Waals surface area contributed by atoms with E-state index in [1.54, 1.807) is 12.4 Å². The van der Waals surface area contributed by atoms with Crippen LogP contribution in [0.5, 0.6) is 5.75 Å². The maximum atomic E-state index is 5.77. The number of fused-ring (bicyclic) bond motifs is 1. The van der Waals surface area contributed by atoms with E-state index in [2.05, 4.69) is 22.2 Å². The summed E-state index contributed by atoms with van der Waals surface area (Å²) in [5, 5.41) is 3.47. The summed E-state index contributed by atoms with van der Waals surface area (Å²) in [6.07, 6.45) is 7.69. The van der Waals surface area contributed by atoms with Gasteiger partial charge in [-0.1, -0.05) is 19.4 Å². The normalized spacial score (nSPS) is 10.9. The molecule has 28 heavy (non-hydrogen) atoms. The average Bonchev–Trinajstić information content (AvgIpc) is 3.12. The molecule has 0 bridgehead atoms. The lowest BCUT2D eigenvalue weighted by Gasteiger charge is -2.09. The van der Waals surface area contributed by atoms with Gasteiger partial charge in [-0.05, 0) is 48.9 Å². The topological polar surface area (TPSA) is 64.3 Å². The minimum absolute atomic E-state index is 0.606. The Balaban J connectivity index is 1.62. The summed E-state index contributed by atoms with van der Waals surface area (Å²) in [5.74, 6) is 2.43. The van der Waals surface area contributed by atoms with E-state index in [1.165, 1.54) is 0 Å². The van der Waals surface area contributed by atoms with Crippen molar-refractivity contribution in [3.05, 3.63) is 72.8 Å². The summed E-state index contributed by atoms with van der Waals surface area (Å²) in [7, 11) is 0. The molecule has 1 N–H and O–H groups in total. The molecule has 0 atom stereocenters. The number of rotatable bonds is 8. The molecule has 142 valence electrons. The van der Waals surface area contributed by atoms with Gasteiger partial charge in [-0.3, -0.25) is 9.38 Å². The second-order valence-corrected chi connectivity index (χ2v) is 6.50. The minimum atomic E-state index is 0.606. The van der Waals surface area contributed by atoms with E-state index in [4.69, 9.17) is 9.72 Å². The Morgan fingerprint density at radius 2 is 1.86 bits per heavy atom. The lowest BCUT2D eigenvalue weighted by Crippen LogP contribution is -2.04. The van der Waals surface area contributed by atoms with Crippen LogP contribution in [-0.4, -0.2) is 26.0 Å². The monoisotopic (exact) mass is 373 g/mol. The van der Waals surface area contributed by atoms with Crippen LogP contribution in [0.1, 0.15) is 25.5 Å². The highest BCUT2D eigenvalue weighted by atomic mass is 16.5. The Hall–Kier alpha value is -3.41. The maximum absolute atomic E-state index is 5.77. The fraction of sp³-hybridized carbons (Fsp3) is 0.227. The van der Waals surface area contributed by atoms with Crippen molar-refractivity contribution in [2.45, 2.75) is 26.3 Å². The number of nitrogens with zero attached hydrogens (tertiary/aromatic N) is 4. The van der Waals surface area contributed by atoms with Gasteiger partial charge in [-0.15, -0.1) is 0 Å². The second kappa shape index (κ2) is 8.52. The molecule has 0 aliphatic heterocycles. The van der Waals surface area contributed by atoms with E-state index in [1.807, 2.05) is 59.1 Å². The van der Waals surface area contributed by atoms with Gasteiger partial charge >= 0.3 is 0 Å². The highest BCUT2D eigenvalue weighted by Crippen LogP contribution is 2.29. The summed E-state index contributed by atoms with van der Waals surface area (Å²) >= 11 is 0. The third-order valence-electron chi connectivity index (χ3n) is 4.46. The molecule has 0 unspecified atom stereocenters. The number of benzene rings is 1. The zero-order valence-electron chi connectivity index (χ0n) is 15.9. The summed E-state index contributed by atoms with van der Waals surface area (Å²) in [6.45, 7) is 3.50. The molecule has 0 radical (unpaired) electrons. The number of ether oxygens (including phenoxy) is 1. The molecule has 0 saturated heterocycles. The van der Waals surface area contributed by atoms with Crippen LogP contribution in [0, 0.1) is 0 Å². The van der Waals surface area contributed by atoms with Crippen LogP contribution in [0.25, 0.3) is 17.0 Å². The summed E-state index contributed by atoms with van der Waals surface area (Å²) < 4.78 is 7.73. The van der Waals surface area contributed by atoms with Gasteiger partial charge in [0.15, 0.2) is 0 Å². The number of imidazole rings is 1. The fourth-order valence-electron chi connectivity index (χ4n) is 2.98. The van der Waals surface area contributed by atoms with Gasteiger partial charge in [-0.2, -0.15) is 0 Å². The average molecular weight is 373 g/mol. The molecule has 4 aromatic rings. The van der Waals surface area contributed by atoms with E-state index in [-0.39, 0.29) is 0 Å². The van der Waals surface area contributed by atoms with E-state index in [9.17, 15) is 0 Å². The van der Waals surface area contributed by atoms with Crippen LogP contribution >= 0.6 is 0 Å². The first-order valence-electron chi connectivity index (χ1n) is 9.55. The quantitative estimate of drug-likeness (QED) is 0.458. The van der Waals surface area contributed by atoms with Crippen molar-refractivity contribution in [2.75, 3.05) is 11.9 Å². The zero-order chi connectivity index (χ0) is 19.2. The van der Waals surface area contributed by atoms with Crippen LogP contribution in [0.4, 0.5) is 5.82 Å². The molecule has 3 heterocycles. The summed E-state index contributed by atoms with van der Waals surface area (Å²) in [4.78, 5) is 13.5. The van der Waals surface area contributed by atoms with Crippen LogP contribution < -0.4 is 10.1 Å². The molecule has 1 aromatic carbocycles. The third-order valence-corrected chi connectivity index (χ3v) is 4.46. The Kier molecular flexibility index (Phi) is 5.47. The van der Waals surface area contributed by atoms with Gasteiger partial charge in [0.2, 0.25) is 5.78 Å². The van der Waals surface area contributed by atoms with E-state index >= 15 is 0 Å². The SMILES string of the molecule is CCCCOc1ccc(-c2nc3ncccn3c2NCc2ccccn2)cc1. The minimum Gasteiger partial charge on any atom is -0.494 e. The Morgan fingerprint density at radius 3 is 2.64 bits per heavy atom.